The average Bonchev–Trinajstić information content (AvgIpc) is 2.65. The summed E-state index contributed by atoms with van der Waals surface area (Å²) in [6.45, 7) is 1.82. The molecule has 1 atom stereocenters. The summed E-state index contributed by atoms with van der Waals surface area (Å²) in [5, 5.41) is 14.9. The number of halogens is 1. The standard InChI is InChI=1S/C22H23FN2O4/c1-14(24-19(26)13-22(21(28)29)11-2-12-22)15-5-9-18(10-6-15)25-20(27)16-3-7-17(23)8-4-16/h3-10,14H,2,11-13H2,1H3,(H,24,26)(H,25,27)(H,28,29). The number of benzene rings is 2. The number of hydrogen-bond donors (Lipinski definition) is 3. The number of carboxylic acids is 1. The Bertz CT molecular complexity index is 905. The van der Waals surface area contributed by atoms with Crippen LogP contribution in [0.25, 0.3) is 0 Å². The van der Waals surface area contributed by atoms with E-state index in [-0.39, 0.29) is 24.3 Å². The number of carbonyl (C=O) groups excluding carboxylic acids is 2. The molecule has 0 radical (unpaired) electrons. The molecule has 3 N–H and O–H groups in total. The Hall–Kier alpha value is -3.22. The summed E-state index contributed by atoms with van der Waals surface area (Å²) in [6, 6.07) is 11.9. The van der Waals surface area contributed by atoms with Crippen molar-refractivity contribution in [2.45, 2.75) is 38.6 Å². The minimum atomic E-state index is -0.918. The lowest BCUT2D eigenvalue weighted by Gasteiger charge is -2.37. The third kappa shape index (κ3) is 4.80. The minimum absolute atomic E-state index is 0.0154. The Labute approximate surface area is 168 Å². The Morgan fingerprint density at radius 2 is 1.69 bits per heavy atom. The molecule has 3 rings (SSSR count). The van der Waals surface area contributed by atoms with E-state index in [1.54, 1.807) is 24.3 Å². The molecule has 1 aliphatic rings. The van der Waals surface area contributed by atoms with E-state index in [2.05, 4.69) is 10.6 Å². The average molecular weight is 398 g/mol. The first-order chi connectivity index (χ1) is 13.8. The number of aliphatic carboxylic acids is 1. The fourth-order valence-electron chi connectivity index (χ4n) is 3.41. The summed E-state index contributed by atoms with van der Waals surface area (Å²) in [5.74, 6) is -1.95. The highest BCUT2D eigenvalue weighted by molar-refractivity contribution is 6.04. The smallest absolute Gasteiger partial charge is 0.310 e. The number of carbonyl (C=O) groups is 3. The molecular weight excluding hydrogens is 375 g/mol. The Balaban J connectivity index is 1.56. The highest BCUT2D eigenvalue weighted by Crippen LogP contribution is 2.44. The monoisotopic (exact) mass is 398 g/mol. The third-order valence-corrected chi connectivity index (χ3v) is 5.42. The van der Waals surface area contributed by atoms with Crippen LogP contribution in [0.2, 0.25) is 0 Å². The first kappa shape index (κ1) is 20.5. The van der Waals surface area contributed by atoms with Gasteiger partial charge in [0.2, 0.25) is 5.91 Å². The van der Waals surface area contributed by atoms with Gasteiger partial charge in [-0.1, -0.05) is 18.6 Å². The number of hydrogen-bond acceptors (Lipinski definition) is 3. The van der Waals surface area contributed by atoms with Gasteiger partial charge in [-0.15, -0.1) is 0 Å². The fraction of sp³-hybridized carbons (Fsp3) is 0.318. The van der Waals surface area contributed by atoms with E-state index < -0.39 is 17.2 Å². The van der Waals surface area contributed by atoms with E-state index in [4.69, 9.17) is 0 Å². The van der Waals surface area contributed by atoms with Crippen LogP contribution < -0.4 is 10.6 Å². The van der Waals surface area contributed by atoms with Gasteiger partial charge in [-0.25, -0.2) is 4.39 Å². The molecule has 0 saturated heterocycles. The topological polar surface area (TPSA) is 95.5 Å². The molecule has 1 unspecified atom stereocenters. The second kappa shape index (κ2) is 8.43. The summed E-state index contributed by atoms with van der Waals surface area (Å²) in [7, 11) is 0. The van der Waals surface area contributed by atoms with E-state index >= 15 is 0 Å². The maximum absolute atomic E-state index is 13.0. The molecule has 0 heterocycles. The first-order valence-corrected chi connectivity index (χ1v) is 9.49. The molecule has 0 aliphatic heterocycles. The molecule has 7 heteroatoms. The lowest BCUT2D eigenvalue weighted by molar-refractivity contribution is -0.157. The van der Waals surface area contributed by atoms with Crippen molar-refractivity contribution < 1.29 is 23.9 Å². The van der Waals surface area contributed by atoms with Gasteiger partial charge in [-0.2, -0.15) is 0 Å². The van der Waals surface area contributed by atoms with Gasteiger partial charge >= 0.3 is 5.97 Å². The zero-order chi connectivity index (χ0) is 21.0. The van der Waals surface area contributed by atoms with Gasteiger partial charge in [0.1, 0.15) is 5.82 Å². The largest absolute Gasteiger partial charge is 0.481 e. The minimum Gasteiger partial charge on any atom is -0.481 e. The molecule has 1 fully saturated rings. The second-order valence-corrected chi connectivity index (χ2v) is 7.49. The van der Waals surface area contributed by atoms with Crippen LogP contribution in [0.15, 0.2) is 48.5 Å². The lowest BCUT2D eigenvalue weighted by Crippen LogP contribution is -2.43. The van der Waals surface area contributed by atoms with Crippen LogP contribution in [0.5, 0.6) is 0 Å². The van der Waals surface area contributed by atoms with Gasteiger partial charge in [0.15, 0.2) is 0 Å². The van der Waals surface area contributed by atoms with Crippen LogP contribution >= 0.6 is 0 Å². The number of amides is 2. The predicted octanol–water partition coefficient (Wildman–Crippen LogP) is 3.90. The van der Waals surface area contributed by atoms with Crippen LogP contribution in [0.1, 0.15) is 54.6 Å². The van der Waals surface area contributed by atoms with Gasteiger partial charge in [-0.3, -0.25) is 14.4 Å². The zero-order valence-corrected chi connectivity index (χ0v) is 16.1. The van der Waals surface area contributed by atoms with Crippen molar-refractivity contribution in [1.29, 1.82) is 0 Å². The maximum Gasteiger partial charge on any atom is 0.310 e. The van der Waals surface area contributed by atoms with Gasteiger partial charge in [0, 0.05) is 17.7 Å². The maximum atomic E-state index is 13.0. The Kier molecular flexibility index (Phi) is 5.96. The van der Waals surface area contributed by atoms with E-state index in [9.17, 15) is 23.9 Å². The van der Waals surface area contributed by atoms with Crippen molar-refractivity contribution in [3.05, 3.63) is 65.5 Å². The molecule has 29 heavy (non-hydrogen) atoms. The van der Waals surface area contributed by atoms with Crippen molar-refractivity contribution in [2.75, 3.05) is 5.32 Å². The summed E-state index contributed by atoms with van der Waals surface area (Å²) >= 11 is 0. The van der Waals surface area contributed by atoms with Crippen LogP contribution in [0, 0.1) is 11.2 Å². The molecule has 2 aromatic carbocycles. The van der Waals surface area contributed by atoms with Crippen molar-refractivity contribution in [2.24, 2.45) is 5.41 Å². The zero-order valence-electron chi connectivity index (χ0n) is 16.1. The molecule has 2 aromatic rings. The predicted molar refractivity (Wildman–Crippen MR) is 106 cm³/mol. The van der Waals surface area contributed by atoms with Crippen molar-refractivity contribution >= 4 is 23.5 Å². The fourth-order valence-corrected chi connectivity index (χ4v) is 3.41. The molecule has 152 valence electrons. The molecule has 0 spiro atoms. The summed E-state index contributed by atoms with van der Waals surface area (Å²) in [6.07, 6.45) is 1.89. The summed E-state index contributed by atoms with van der Waals surface area (Å²) in [5.41, 5.74) is 0.828. The molecule has 0 aromatic heterocycles. The quantitative estimate of drug-likeness (QED) is 0.659. The SMILES string of the molecule is CC(NC(=O)CC1(C(=O)O)CCC1)c1ccc(NC(=O)c2ccc(F)cc2)cc1. The van der Waals surface area contributed by atoms with Gasteiger partial charge < -0.3 is 15.7 Å². The van der Waals surface area contributed by atoms with E-state index in [1.165, 1.54) is 24.3 Å². The summed E-state index contributed by atoms with van der Waals surface area (Å²) < 4.78 is 13.0. The molecule has 2 amide bonds. The lowest BCUT2D eigenvalue weighted by atomic mass is 9.66. The van der Waals surface area contributed by atoms with Crippen molar-refractivity contribution in [3.8, 4) is 0 Å². The van der Waals surface area contributed by atoms with Crippen LogP contribution in [0.4, 0.5) is 10.1 Å². The number of rotatable bonds is 7. The van der Waals surface area contributed by atoms with E-state index in [1.807, 2.05) is 6.92 Å². The van der Waals surface area contributed by atoms with Crippen LogP contribution in [0.3, 0.4) is 0 Å². The normalized spacial score (nSPS) is 15.7. The van der Waals surface area contributed by atoms with E-state index in [0.717, 1.165) is 12.0 Å². The second-order valence-electron chi connectivity index (χ2n) is 7.49. The first-order valence-electron chi connectivity index (χ1n) is 9.49. The molecule has 0 bridgehead atoms. The molecule has 6 nitrogen and oxygen atoms in total. The number of anilines is 1. The molecule has 1 saturated carbocycles. The van der Waals surface area contributed by atoms with Gasteiger partial charge in [0.05, 0.1) is 11.5 Å². The highest BCUT2D eigenvalue weighted by Gasteiger charge is 2.45. The van der Waals surface area contributed by atoms with Crippen molar-refractivity contribution in [3.63, 3.8) is 0 Å². The van der Waals surface area contributed by atoms with Crippen LogP contribution in [-0.4, -0.2) is 22.9 Å². The number of carboxylic acid groups (broad SMARTS) is 1. The summed E-state index contributed by atoms with van der Waals surface area (Å²) in [4.78, 5) is 35.9. The molecule has 1 aliphatic carbocycles. The van der Waals surface area contributed by atoms with Crippen LogP contribution in [-0.2, 0) is 9.59 Å². The third-order valence-electron chi connectivity index (χ3n) is 5.42. The Morgan fingerprint density at radius 1 is 1.07 bits per heavy atom. The van der Waals surface area contributed by atoms with Gasteiger partial charge in [-0.05, 0) is 61.7 Å². The number of nitrogens with one attached hydrogen (secondary N) is 2. The van der Waals surface area contributed by atoms with E-state index in [0.29, 0.717) is 24.1 Å². The molecular formula is C22H23FN2O4. The van der Waals surface area contributed by atoms with Gasteiger partial charge in [0.25, 0.3) is 5.91 Å². The van der Waals surface area contributed by atoms with Crippen molar-refractivity contribution in [1.82, 2.24) is 5.32 Å². The highest BCUT2D eigenvalue weighted by atomic mass is 19.1. The Morgan fingerprint density at radius 3 is 2.21 bits per heavy atom.